The van der Waals surface area contributed by atoms with Gasteiger partial charge in [-0.1, -0.05) is 0 Å². The summed E-state index contributed by atoms with van der Waals surface area (Å²) in [5, 5.41) is 0. The summed E-state index contributed by atoms with van der Waals surface area (Å²) in [5.74, 6) is 0. The van der Waals surface area contributed by atoms with Gasteiger partial charge in [0.1, 0.15) is 0 Å². The molecule has 15 heavy (non-hydrogen) atoms. The molecule has 0 N–H and O–H groups in total. The van der Waals surface area contributed by atoms with Gasteiger partial charge in [-0.05, 0) is 0 Å². The standard InChI is InChI=1S/10ClH.5Mg/h10*1H;;;;;/q;;;;;;;;;;5*+2/p-10. The fourth-order valence-electron chi connectivity index (χ4n) is 0. The van der Waals surface area contributed by atoms with Gasteiger partial charge in [-0.15, -0.1) is 0 Å². The third-order valence-corrected chi connectivity index (χ3v) is 0. The average molecular weight is 476 g/mol. The topological polar surface area (TPSA) is 0 Å². The fraction of sp³-hybridized carbons (Fsp3) is 0. The van der Waals surface area contributed by atoms with Crippen molar-refractivity contribution >= 4 is 115 Å². The predicted octanol–water partition coefficient (Wildman–Crippen LogP) is -31.9. The van der Waals surface area contributed by atoms with Crippen LogP contribution < -0.4 is 124 Å². The second-order valence-corrected chi connectivity index (χ2v) is 0. The van der Waals surface area contributed by atoms with Gasteiger partial charge >= 0.3 is 115 Å². The molecule has 0 atom stereocenters. The SMILES string of the molecule is [Cl-].[Cl-].[Cl-].[Cl-].[Cl-].[Cl-].[Cl-].[Cl-].[Cl-].[Cl-].[Mg+2].[Mg+2].[Mg+2].[Mg+2].[Mg+2]. The summed E-state index contributed by atoms with van der Waals surface area (Å²) in [6.45, 7) is 0. The minimum Gasteiger partial charge on any atom is -1.00 e. The first-order valence-corrected chi connectivity index (χ1v) is 0. The van der Waals surface area contributed by atoms with Crippen molar-refractivity contribution in [3.63, 3.8) is 0 Å². The van der Waals surface area contributed by atoms with Crippen LogP contribution in [-0.4, -0.2) is 115 Å². The molecule has 0 aliphatic heterocycles. The van der Waals surface area contributed by atoms with E-state index in [1.165, 1.54) is 0 Å². The molecule has 0 aliphatic carbocycles. The minimum absolute atomic E-state index is 0. The van der Waals surface area contributed by atoms with Gasteiger partial charge in [0.2, 0.25) is 0 Å². The zero-order valence-corrected chi connectivity index (χ0v) is 21.9. The van der Waals surface area contributed by atoms with E-state index in [1.807, 2.05) is 0 Å². The van der Waals surface area contributed by atoms with E-state index in [0.717, 1.165) is 0 Å². The molecular weight excluding hydrogens is 476 g/mol. The predicted molar refractivity (Wildman–Crippen MR) is 28.8 cm³/mol. The smallest absolute Gasteiger partial charge is 1.00 e. The second-order valence-electron chi connectivity index (χ2n) is 0. The van der Waals surface area contributed by atoms with E-state index in [-0.39, 0.29) is 239 Å². The van der Waals surface area contributed by atoms with E-state index in [4.69, 9.17) is 0 Å². The minimum atomic E-state index is 0. The van der Waals surface area contributed by atoms with Crippen LogP contribution in [0, 0.1) is 0 Å². The Hall–Kier alpha value is 6.73. The van der Waals surface area contributed by atoms with Gasteiger partial charge < -0.3 is 124 Å². The van der Waals surface area contributed by atoms with E-state index in [1.54, 1.807) is 0 Å². The van der Waals surface area contributed by atoms with E-state index >= 15 is 0 Å². The van der Waals surface area contributed by atoms with Crippen molar-refractivity contribution in [2.24, 2.45) is 0 Å². The number of hydrogen-bond acceptors (Lipinski definition) is 0. The van der Waals surface area contributed by atoms with Gasteiger partial charge in [-0.2, -0.15) is 0 Å². The quantitative estimate of drug-likeness (QED) is 0.305. The fourth-order valence-corrected chi connectivity index (χ4v) is 0. The Bertz CT molecular complexity index is 13.8. The maximum absolute atomic E-state index is 0. The molecule has 0 spiro atoms. The molecule has 0 radical (unpaired) electrons. The van der Waals surface area contributed by atoms with Crippen molar-refractivity contribution in [2.45, 2.75) is 0 Å². The molecule has 15 heteroatoms. The summed E-state index contributed by atoms with van der Waals surface area (Å²) in [6.07, 6.45) is 0. The van der Waals surface area contributed by atoms with Crippen LogP contribution in [0.4, 0.5) is 0 Å². The van der Waals surface area contributed by atoms with E-state index in [9.17, 15) is 0 Å². The van der Waals surface area contributed by atoms with Crippen molar-refractivity contribution in [1.82, 2.24) is 0 Å². The van der Waals surface area contributed by atoms with E-state index in [2.05, 4.69) is 0 Å². The second kappa shape index (κ2) is 178. The third-order valence-electron chi connectivity index (χ3n) is 0. The number of halogens is 10. The molecule has 0 rings (SSSR count). The summed E-state index contributed by atoms with van der Waals surface area (Å²) in [7, 11) is 0. The largest absolute Gasteiger partial charge is 2.00 e. The van der Waals surface area contributed by atoms with Gasteiger partial charge in [0.05, 0.1) is 0 Å². The van der Waals surface area contributed by atoms with Crippen LogP contribution in [0.1, 0.15) is 0 Å². The monoisotopic (exact) mass is 470 g/mol. The summed E-state index contributed by atoms with van der Waals surface area (Å²) in [5.41, 5.74) is 0. The first-order chi connectivity index (χ1) is 0. The molecule has 0 aromatic heterocycles. The van der Waals surface area contributed by atoms with Crippen LogP contribution in [-0.2, 0) is 0 Å². The van der Waals surface area contributed by atoms with Gasteiger partial charge in [-0.25, -0.2) is 0 Å². The zero-order valence-electron chi connectivity index (χ0n) is 7.32. The molecular formula is Cl10Mg5. The Balaban J connectivity index is 0. The maximum Gasteiger partial charge on any atom is 2.00 e. The van der Waals surface area contributed by atoms with E-state index < -0.39 is 0 Å². The van der Waals surface area contributed by atoms with Crippen LogP contribution in [0.3, 0.4) is 0 Å². The van der Waals surface area contributed by atoms with Gasteiger partial charge in [0, 0.05) is 0 Å². The van der Waals surface area contributed by atoms with Gasteiger partial charge in [0.25, 0.3) is 0 Å². The molecule has 0 saturated heterocycles. The molecule has 0 unspecified atom stereocenters. The summed E-state index contributed by atoms with van der Waals surface area (Å²) >= 11 is 0. The molecule has 0 nitrogen and oxygen atoms in total. The van der Waals surface area contributed by atoms with Gasteiger partial charge in [0.15, 0.2) is 0 Å². The summed E-state index contributed by atoms with van der Waals surface area (Å²) in [6, 6.07) is 0. The Morgan fingerprint density at radius 2 is 0.133 bits per heavy atom. The van der Waals surface area contributed by atoms with Crippen molar-refractivity contribution in [3.8, 4) is 0 Å². The average Bonchev–Trinajstić information content (AvgIpc) is 0. The van der Waals surface area contributed by atoms with E-state index in [0.29, 0.717) is 0 Å². The first-order valence-electron chi connectivity index (χ1n) is 0. The molecule has 0 bridgehead atoms. The van der Waals surface area contributed by atoms with Gasteiger partial charge in [-0.3, -0.25) is 0 Å². The number of rotatable bonds is 0. The number of hydrogen-bond donors (Lipinski definition) is 0. The normalized spacial score (nSPS) is 0. The molecule has 0 aliphatic rings. The van der Waals surface area contributed by atoms with Crippen molar-refractivity contribution < 1.29 is 124 Å². The molecule has 0 heterocycles. The third kappa shape index (κ3) is 161. The van der Waals surface area contributed by atoms with Crippen LogP contribution in [0.25, 0.3) is 0 Å². The Morgan fingerprint density at radius 3 is 0.133 bits per heavy atom. The molecule has 0 aromatic carbocycles. The molecule has 0 amide bonds. The van der Waals surface area contributed by atoms with Crippen molar-refractivity contribution in [2.75, 3.05) is 0 Å². The van der Waals surface area contributed by atoms with Crippen molar-refractivity contribution in [3.05, 3.63) is 0 Å². The summed E-state index contributed by atoms with van der Waals surface area (Å²) in [4.78, 5) is 0. The first kappa shape index (κ1) is 206. The van der Waals surface area contributed by atoms with Crippen molar-refractivity contribution in [1.29, 1.82) is 0 Å². The maximum atomic E-state index is 0. The summed E-state index contributed by atoms with van der Waals surface area (Å²) < 4.78 is 0. The Kier molecular flexibility index (Phi) is 2450. The molecule has 80 valence electrons. The van der Waals surface area contributed by atoms with Crippen LogP contribution in [0.5, 0.6) is 0 Å². The van der Waals surface area contributed by atoms with Crippen LogP contribution in [0.15, 0.2) is 0 Å². The molecule has 0 saturated carbocycles. The molecule has 0 fully saturated rings. The Morgan fingerprint density at radius 1 is 0.133 bits per heavy atom. The molecule has 0 aromatic rings. The van der Waals surface area contributed by atoms with Crippen LogP contribution in [0.2, 0.25) is 0 Å². The Labute approximate surface area is 234 Å². The zero-order chi connectivity index (χ0) is 0. The van der Waals surface area contributed by atoms with Crippen LogP contribution >= 0.6 is 0 Å².